The second-order valence-electron chi connectivity index (χ2n) is 3.24. The van der Waals surface area contributed by atoms with Crippen LogP contribution in [0.5, 0.6) is 0 Å². The summed E-state index contributed by atoms with van der Waals surface area (Å²) in [4.78, 5) is 9.71. The molecule has 0 radical (unpaired) electrons. The first-order valence-electron chi connectivity index (χ1n) is 5.14. The molecule has 0 nitrogen and oxygen atoms in total. The summed E-state index contributed by atoms with van der Waals surface area (Å²) >= 11 is 1.09. The summed E-state index contributed by atoms with van der Waals surface area (Å²) in [7, 11) is 0. The number of hydrogen-bond acceptors (Lipinski definition) is 0. The molecule has 16 heavy (non-hydrogen) atoms. The molecular formula is C12H22Te4. The average Bonchev–Trinajstić information content (AvgIpc) is 2.30. The van der Waals surface area contributed by atoms with Crippen molar-refractivity contribution in [3.05, 3.63) is 23.3 Å². The van der Waals surface area contributed by atoms with Crippen molar-refractivity contribution in [2.45, 2.75) is 37.8 Å². The Labute approximate surface area is 142 Å². The second-order valence-corrected chi connectivity index (χ2v) is 13.4. The molecule has 0 aliphatic heterocycles. The van der Waals surface area contributed by atoms with Crippen molar-refractivity contribution in [2.75, 3.05) is 0 Å². The third kappa shape index (κ3) is 9.55. The van der Waals surface area contributed by atoms with Gasteiger partial charge < -0.3 is 0 Å². The van der Waals surface area contributed by atoms with E-state index in [0.29, 0.717) is 0 Å². The van der Waals surface area contributed by atoms with Crippen molar-refractivity contribution >= 4 is 83.7 Å². The van der Waals surface area contributed by atoms with Gasteiger partial charge in [0.15, 0.2) is 0 Å². The number of rotatable bonds is 9. The Morgan fingerprint density at radius 2 is 1.06 bits per heavy atom. The molecule has 0 aliphatic rings. The van der Waals surface area contributed by atoms with Gasteiger partial charge in [-0.25, -0.2) is 0 Å². The first-order valence-corrected chi connectivity index (χ1v) is 21.1. The minimum absolute atomic E-state index is 0.258. The topological polar surface area (TPSA) is 0 Å². The summed E-state index contributed by atoms with van der Waals surface area (Å²) in [5, 5.41) is 0. The normalized spacial score (nSPS) is 13.2. The minimum atomic E-state index is 0.258. The molecule has 0 saturated carbocycles. The van der Waals surface area contributed by atoms with Crippen molar-refractivity contribution in [1.82, 2.24) is 0 Å². The Bertz CT molecular complexity index is 197. The third-order valence-electron chi connectivity index (χ3n) is 2.00. The van der Waals surface area contributed by atoms with Crippen LogP contribution in [0.25, 0.3) is 0 Å². The van der Waals surface area contributed by atoms with E-state index >= 15 is 0 Å². The molecule has 0 amide bonds. The molecule has 0 aromatic heterocycles. The third-order valence-corrected chi connectivity index (χ3v) is 8.28. The van der Waals surface area contributed by atoms with Gasteiger partial charge in [0.1, 0.15) is 0 Å². The SMILES string of the molecule is C[Te]C/C=C(C[Te]C)/C(=C\C[Te]C)C[Te]C. The predicted molar refractivity (Wildman–Crippen MR) is 81.9 cm³/mol. The van der Waals surface area contributed by atoms with Crippen LogP contribution in [0.15, 0.2) is 23.3 Å². The molecule has 0 bridgehead atoms. The summed E-state index contributed by atoms with van der Waals surface area (Å²) in [6, 6.07) is 0. The molecule has 0 fully saturated rings. The zero-order valence-electron chi connectivity index (χ0n) is 10.6. The molecule has 0 saturated heterocycles. The predicted octanol–water partition coefficient (Wildman–Crippen LogP) is 3.52. The van der Waals surface area contributed by atoms with Gasteiger partial charge in [-0.15, -0.1) is 0 Å². The van der Waals surface area contributed by atoms with Crippen LogP contribution in [-0.4, -0.2) is 83.7 Å². The van der Waals surface area contributed by atoms with E-state index in [9.17, 15) is 0 Å². The fraction of sp³-hybridized carbons (Fsp3) is 0.667. The monoisotopic (exact) mass is 686 g/mol. The zero-order valence-corrected chi connectivity index (χ0v) is 19.9. The first-order chi connectivity index (χ1) is 7.79. The van der Waals surface area contributed by atoms with Gasteiger partial charge in [-0.3, -0.25) is 0 Å². The second kappa shape index (κ2) is 14.1. The van der Waals surface area contributed by atoms with Crippen LogP contribution in [0.2, 0.25) is 37.8 Å². The summed E-state index contributed by atoms with van der Waals surface area (Å²) in [5.74, 6) is 0. The van der Waals surface area contributed by atoms with E-state index in [1.165, 1.54) is 17.9 Å². The quantitative estimate of drug-likeness (QED) is 0.259. The maximum absolute atomic E-state index is 2.60. The summed E-state index contributed by atoms with van der Waals surface area (Å²) in [6.07, 6.45) is 5.20. The fourth-order valence-electron chi connectivity index (χ4n) is 1.24. The molecule has 94 valence electrons. The van der Waals surface area contributed by atoms with Crippen LogP contribution in [-0.2, 0) is 0 Å². The Morgan fingerprint density at radius 1 is 0.688 bits per heavy atom. The van der Waals surface area contributed by atoms with Crippen LogP contribution in [0.4, 0.5) is 0 Å². The van der Waals surface area contributed by atoms with Crippen LogP contribution >= 0.6 is 0 Å². The summed E-state index contributed by atoms with van der Waals surface area (Å²) in [5.41, 5.74) is 3.54. The molecule has 4 heteroatoms. The van der Waals surface area contributed by atoms with E-state index in [-0.39, 0.29) is 83.7 Å². The van der Waals surface area contributed by atoms with E-state index in [0.717, 1.165) is 0 Å². The molecular weight excluding hydrogens is 655 g/mol. The fourth-order valence-corrected chi connectivity index (χ4v) is 6.85. The van der Waals surface area contributed by atoms with Crippen LogP contribution in [0.1, 0.15) is 0 Å². The van der Waals surface area contributed by atoms with E-state index in [4.69, 9.17) is 0 Å². The molecule has 0 heterocycles. The zero-order chi connectivity index (χ0) is 12.2. The van der Waals surface area contributed by atoms with Crippen LogP contribution in [0, 0.1) is 0 Å². The molecule has 0 atom stereocenters. The van der Waals surface area contributed by atoms with Crippen LogP contribution in [0.3, 0.4) is 0 Å². The van der Waals surface area contributed by atoms with E-state index in [1.807, 2.05) is 0 Å². The van der Waals surface area contributed by atoms with Gasteiger partial charge in [-0.05, 0) is 0 Å². The van der Waals surface area contributed by atoms with Gasteiger partial charge in [0, 0.05) is 0 Å². The molecule has 0 aromatic carbocycles. The Balaban J connectivity index is 4.64. The van der Waals surface area contributed by atoms with Gasteiger partial charge in [-0.1, -0.05) is 0 Å². The van der Waals surface area contributed by atoms with E-state index in [1.54, 1.807) is 11.1 Å². The molecule has 0 N–H and O–H groups in total. The molecule has 0 aromatic rings. The maximum atomic E-state index is 2.60. The van der Waals surface area contributed by atoms with Crippen molar-refractivity contribution < 1.29 is 0 Å². The summed E-state index contributed by atoms with van der Waals surface area (Å²) < 4.78 is 5.72. The average molecular weight is 677 g/mol. The van der Waals surface area contributed by atoms with E-state index < -0.39 is 0 Å². The van der Waals surface area contributed by atoms with Gasteiger partial charge in [0.25, 0.3) is 0 Å². The summed E-state index contributed by atoms with van der Waals surface area (Å²) in [6.45, 7) is 0. The van der Waals surface area contributed by atoms with Gasteiger partial charge in [-0.2, -0.15) is 0 Å². The van der Waals surface area contributed by atoms with Crippen molar-refractivity contribution in [3.8, 4) is 0 Å². The Morgan fingerprint density at radius 3 is 1.31 bits per heavy atom. The standard InChI is InChI=1S/C12H22Te4/c1-13-7-5-11(9-15-3)12(10-16-4)6-8-14-2/h5-6H,7-10H2,1-4H3/b11-5-,12-6+. The number of allylic oxidation sites excluding steroid dienone is 4. The molecule has 0 aliphatic carbocycles. The Kier molecular flexibility index (Phi) is 16.4. The van der Waals surface area contributed by atoms with Crippen molar-refractivity contribution in [3.63, 3.8) is 0 Å². The van der Waals surface area contributed by atoms with E-state index in [2.05, 4.69) is 32.0 Å². The molecule has 0 spiro atoms. The van der Waals surface area contributed by atoms with Gasteiger partial charge in [0.05, 0.1) is 0 Å². The van der Waals surface area contributed by atoms with Crippen molar-refractivity contribution in [1.29, 1.82) is 0 Å². The van der Waals surface area contributed by atoms with Gasteiger partial charge >= 0.3 is 145 Å². The van der Waals surface area contributed by atoms with Gasteiger partial charge in [0.2, 0.25) is 0 Å². The molecule has 0 unspecified atom stereocenters. The Hall–Kier alpha value is 2.64. The molecule has 0 rings (SSSR count). The van der Waals surface area contributed by atoms with Crippen molar-refractivity contribution in [2.24, 2.45) is 0 Å². The first kappa shape index (κ1) is 18.6. The van der Waals surface area contributed by atoms with Crippen LogP contribution < -0.4 is 0 Å². The number of hydrogen-bond donors (Lipinski definition) is 0.